The summed E-state index contributed by atoms with van der Waals surface area (Å²) in [5.41, 5.74) is -1.02. The van der Waals surface area contributed by atoms with Crippen molar-refractivity contribution in [3.63, 3.8) is 0 Å². The van der Waals surface area contributed by atoms with Crippen LogP contribution in [0, 0.1) is 10.1 Å². The topological polar surface area (TPSA) is 84.3 Å². The number of nitro benzene ring substituents is 1. The number of anilines is 1. The van der Waals surface area contributed by atoms with E-state index in [9.17, 15) is 45.6 Å². The number of allylic oxidation sites excluding steroid dienone is 1. The van der Waals surface area contributed by atoms with E-state index < -0.39 is 62.9 Å². The van der Waals surface area contributed by atoms with Crippen molar-refractivity contribution in [2.75, 3.05) is 5.43 Å². The number of nitrogens with zero attached hydrogens (tertiary/aromatic N) is 1. The second-order valence-electron chi connectivity index (χ2n) is 7.94. The molecular weight excluding hydrogens is 618 g/mol. The third kappa shape index (κ3) is 7.14. The zero-order chi connectivity index (χ0) is 30.0. The van der Waals surface area contributed by atoms with Crippen LogP contribution in [-0.4, -0.2) is 17.0 Å². The molecule has 0 spiro atoms. The highest BCUT2D eigenvalue weighted by Crippen LogP contribution is 2.43. The van der Waals surface area contributed by atoms with Crippen molar-refractivity contribution in [2.45, 2.75) is 18.3 Å². The second kappa shape index (κ2) is 11.9. The van der Waals surface area contributed by atoms with E-state index in [0.29, 0.717) is 12.1 Å². The Morgan fingerprint density at radius 3 is 2.10 bits per heavy atom. The summed E-state index contributed by atoms with van der Waals surface area (Å²) in [6, 6.07) is 7.84. The number of halogens is 10. The van der Waals surface area contributed by atoms with Crippen LogP contribution in [0.4, 0.5) is 42.1 Å². The SMILES string of the molecule is O=C(NNc1ccccc1[N+](=O)[O-])c1ccc(C(F)=CC(c2cc(Cl)c(Cl)c(Cl)c2)C(F)(F)F)cc1C(F)(F)F. The summed E-state index contributed by atoms with van der Waals surface area (Å²) in [6.07, 6.45) is -10.3. The van der Waals surface area contributed by atoms with Crippen molar-refractivity contribution >= 4 is 57.9 Å². The number of alkyl halides is 6. The molecule has 0 aliphatic carbocycles. The molecule has 0 aliphatic heterocycles. The lowest BCUT2D eigenvalue weighted by Crippen LogP contribution is -2.31. The van der Waals surface area contributed by atoms with E-state index in [0.717, 1.165) is 18.2 Å². The first-order valence-electron chi connectivity index (χ1n) is 10.6. The largest absolute Gasteiger partial charge is 0.417 e. The van der Waals surface area contributed by atoms with Gasteiger partial charge in [-0.15, -0.1) is 0 Å². The Balaban J connectivity index is 1.99. The molecular formula is C24H13Cl3F7N3O3. The third-order valence-corrected chi connectivity index (χ3v) is 6.48. The lowest BCUT2D eigenvalue weighted by Gasteiger charge is -2.19. The minimum atomic E-state index is -5.25. The van der Waals surface area contributed by atoms with Crippen molar-refractivity contribution in [1.82, 2.24) is 5.43 Å². The zero-order valence-electron chi connectivity index (χ0n) is 19.3. The Morgan fingerprint density at radius 1 is 0.950 bits per heavy atom. The lowest BCUT2D eigenvalue weighted by atomic mass is 9.95. The molecule has 0 heterocycles. The fourth-order valence-corrected chi connectivity index (χ4v) is 4.05. The number of hydrazine groups is 1. The van der Waals surface area contributed by atoms with Gasteiger partial charge in [0.2, 0.25) is 0 Å². The highest BCUT2D eigenvalue weighted by Gasteiger charge is 2.41. The first-order chi connectivity index (χ1) is 18.5. The first kappa shape index (κ1) is 31.0. The normalized spacial score (nSPS) is 13.1. The maximum atomic E-state index is 15.0. The summed E-state index contributed by atoms with van der Waals surface area (Å²) >= 11 is 17.3. The Morgan fingerprint density at radius 2 is 1.55 bits per heavy atom. The van der Waals surface area contributed by atoms with E-state index in [1.54, 1.807) is 0 Å². The quantitative estimate of drug-likeness (QED) is 0.118. The van der Waals surface area contributed by atoms with Crippen molar-refractivity contribution in [1.29, 1.82) is 0 Å². The maximum absolute atomic E-state index is 15.0. The molecule has 0 radical (unpaired) electrons. The van der Waals surface area contributed by atoms with Crippen LogP contribution in [0.15, 0.2) is 60.7 Å². The molecule has 0 saturated heterocycles. The predicted molar refractivity (Wildman–Crippen MR) is 135 cm³/mol. The third-order valence-electron chi connectivity index (χ3n) is 5.29. The van der Waals surface area contributed by atoms with E-state index in [1.165, 1.54) is 18.2 Å². The van der Waals surface area contributed by atoms with E-state index in [2.05, 4.69) is 5.43 Å². The van der Waals surface area contributed by atoms with Gasteiger partial charge in [0.25, 0.3) is 11.6 Å². The molecule has 16 heteroatoms. The van der Waals surface area contributed by atoms with Crippen LogP contribution < -0.4 is 10.9 Å². The minimum absolute atomic E-state index is 0.0290. The summed E-state index contributed by atoms with van der Waals surface area (Å²) in [7, 11) is 0. The van der Waals surface area contributed by atoms with Crippen LogP contribution in [0.5, 0.6) is 0 Å². The van der Waals surface area contributed by atoms with Crippen LogP contribution in [0.25, 0.3) is 5.83 Å². The van der Waals surface area contributed by atoms with Crippen LogP contribution in [0.3, 0.4) is 0 Å². The van der Waals surface area contributed by atoms with Crippen molar-refractivity contribution in [3.8, 4) is 0 Å². The smallest absolute Gasteiger partial charge is 0.292 e. The summed E-state index contributed by atoms with van der Waals surface area (Å²) in [4.78, 5) is 22.8. The molecule has 6 nitrogen and oxygen atoms in total. The number of para-hydroxylation sites is 2. The van der Waals surface area contributed by atoms with Gasteiger partial charge in [0, 0.05) is 11.6 Å². The summed E-state index contributed by atoms with van der Waals surface area (Å²) < 4.78 is 97.6. The number of hydrogen-bond donors (Lipinski definition) is 2. The van der Waals surface area contributed by atoms with Gasteiger partial charge < -0.3 is 0 Å². The summed E-state index contributed by atoms with van der Waals surface area (Å²) in [5.74, 6) is -5.79. The fraction of sp³-hybridized carbons (Fsp3) is 0.125. The molecule has 2 N–H and O–H groups in total. The molecule has 0 fully saturated rings. The zero-order valence-corrected chi connectivity index (χ0v) is 21.6. The van der Waals surface area contributed by atoms with E-state index in [-0.39, 0.29) is 32.9 Å². The molecule has 3 aromatic carbocycles. The molecule has 212 valence electrons. The lowest BCUT2D eigenvalue weighted by molar-refractivity contribution is -0.384. The van der Waals surface area contributed by atoms with Gasteiger partial charge in [-0.25, -0.2) is 4.39 Å². The average Bonchev–Trinajstić information content (AvgIpc) is 2.87. The van der Waals surface area contributed by atoms with Gasteiger partial charge in [-0.3, -0.25) is 25.8 Å². The summed E-state index contributed by atoms with van der Waals surface area (Å²) in [5, 5.41) is 10.1. The molecule has 0 bridgehead atoms. The monoisotopic (exact) mass is 629 g/mol. The number of benzene rings is 3. The summed E-state index contributed by atoms with van der Waals surface area (Å²) in [6.45, 7) is 0. The Hall–Kier alpha value is -3.55. The van der Waals surface area contributed by atoms with Gasteiger partial charge in [-0.1, -0.05) is 53.0 Å². The molecule has 3 rings (SSSR count). The van der Waals surface area contributed by atoms with E-state index in [1.807, 2.05) is 5.43 Å². The Kier molecular flexibility index (Phi) is 9.22. The average molecular weight is 631 g/mol. The van der Waals surface area contributed by atoms with Crippen molar-refractivity contribution in [3.05, 3.63) is 108 Å². The number of nitrogens with one attached hydrogen (secondary N) is 2. The number of carbonyl (C=O) groups excluding carboxylic acids is 1. The standard InChI is InChI=1S/C24H13Cl3F7N3O3/c25-16-8-12(9-17(26)21(16)27)14(23(29,30)31)10-18(28)11-5-6-13(15(7-11)24(32,33)34)22(38)36-35-19-3-1-2-4-20(19)37(39)40/h1-10,14,35H,(H,36,38). The van der Waals surface area contributed by atoms with Gasteiger partial charge in [0.15, 0.2) is 0 Å². The van der Waals surface area contributed by atoms with Crippen molar-refractivity contribution < 1.29 is 40.5 Å². The highest BCUT2D eigenvalue weighted by molar-refractivity contribution is 6.48. The van der Waals surface area contributed by atoms with Gasteiger partial charge >= 0.3 is 12.4 Å². The molecule has 40 heavy (non-hydrogen) atoms. The van der Waals surface area contributed by atoms with Gasteiger partial charge in [0.1, 0.15) is 17.4 Å². The molecule has 1 amide bonds. The first-order valence-corrected chi connectivity index (χ1v) is 11.7. The van der Waals surface area contributed by atoms with Crippen LogP contribution in [0.2, 0.25) is 15.1 Å². The molecule has 3 aromatic rings. The fourth-order valence-electron chi connectivity index (χ4n) is 3.43. The number of amides is 1. The van der Waals surface area contributed by atoms with Gasteiger partial charge in [-0.2, -0.15) is 26.3 Å². The van der Waals surface area contributed by atoms with Crippen molar-refractivity contribution in [2.24, 2.45) is 0 Å². The number of nitro groups is 1. The van der Waals surface area contributed by atoms with Crippen LogP contribution in [0.1, 0.15) is 33.0 Å². The van der Waals surface area contributed by atoms with Gasteiger partial charge in [0.05, 0.1) is 31.1 Å². The number of hydrogen-bond acceptors (Lipinski definition) is 4. The minimum Gasteiger partial charge on any atom is -0.292 e. The Labute approximate surface area is 235 Å². The Bertz CT molecular complexity index is 1470. The van der Waals surface area contributed by atoms with E-state index in [4.69, 9.17) is 34.8 Å². The molecule has 0 saturated carbocycles. The highest BCUT2D eigenvalue weighted by atomic mass is 35.5. The second-order valence-corrected chi connectivity index (χ2v) is 9.14. The molecule has 1 unspecified atom stereocenters. The number of rotatable bonds is 7. The predicted octanol–water partition coefficient (Wildman–Crippen LogP) is 8.99. The van der Waals surface area contributed by atoms with Crippen LogP contribution in [-0.2, 0) is 6.18 Å². The van der Waals surface area contributed by atoms with Gasteiger partial charge in [-0.05, 0) is 42.0 Å². The molecule has 0 aromatic heterocycles. The molecule has 0 aliphatic rings. The molecule has 1 atom stereocenters. The number of carbonyl (C=O) groups is 1. The maximum Gasteiger partial charge on any atom is 0.417 e. The van der Waals surface area contributed by atoms with Crippen LogP contribution >= 0.6 is 34.8 Å². The van der Waals surface area contributed by atoms with E-state index >= 15 is 0 Å².